The maximum absolute atomic E-state index is 5.32. The van der Waals surface area contributed by atoms with Crippen LogP contribution in [-0.4, -0.2) is 19.7 Å². The largest absolute Gasteiger partial charge is 0.497 e. The van der Waals surface area contributed by atoms with Crippen LogP contribution >= 0.6 is 0 Å². The Labute approximate surface area is 131 Å². The normalized spacial score (nSPS) is 14.8. The van der Waals surface area contributed by atoms with Crippen LogP contribution in [0.25, 0.3) is 0 Å². The van der Waals surface area contributed by atoms with Crippen molar-refractivity contribution >= 4 is 0 Å². The molecule has 120 valence electrons. The van der Waals surface area contributed by atoms with Gasteiger partial charge in [-0.25, -0.2) is 0 Å². The first kappa shape index (κ1) is 18.0. The van der Waals surface area contributed by atoms with E-state index >= 15 is 0 Å². The van der Waals surface area contributed by atoms with Crippen LogP contribution in [0.5, 0.6) is 5.75 Å². The minimum atomic E-state index is 0.409. The van der Waals surface area contributed by atoms with E-state index in [2.05, 4.69) is 58.1 Å². The molecule has 0 amide bonds. The lowest BCUT2D eigenvalue weighted by molar-refractivity contribution is 0.275. The van der Waals surface area contributed by atoms with Crippen molar-refractivity contribution in [2.75, 3.05) is 13.7 Å². The first-order valence-electron chi connectivity index (χ1n) is 8.20. The number of ether oxygens (including phenoxy) is 1. The summed E-state index contributed by atoms with van der Waals surface area (Å²) >= 11 is 0. The van der Waals surface area contributed by atoms with Gasteiger partial charge in [-0.05, 0) is 54.8 Å². The van der Waals surface area contributed by atoms with Gasteiger partial charge in [-0.1, -0.05) is 46.8 Å². The van der Waals surface area contributed by atoms with Gasteiger partial charge in [0, 0.05) is 6.04 Å². The van der Waals surface area contributed by atoms with Gasteiger partial charge < -0.3 is 10.1 Å². The van der Waals surface area contributed by atoms with E-state index in [9.17, 15) is 0 Å². The maximum Gasteiger partial charge on any atom is 0.119 e. The van der Waals surface area contributed by atoms with Crippen LogP contribution in [0.3, 0.4) is 0 Å². The van der Waals surface area contributed by atoms with Crippen molar-refractivity contribution in [3.8, 4) is 5.75 Å². The predicted molar refractivity (Wildman–Crippen MR) is 92.0 cm³/mol. The molecule has 21 heavy (non-hydrogen) atoms. The van der Waals surface area contributed by atoms with Crippen LogP contribution in [0.15, 0.2) is 24.3 Å². The Morgan fingerprint density at radius 1 is 1.24 bits per heavy atom. The Bertz CT molecular complexity index is 408. The summed E-state index contributed by atoms with van der Waals surface area (Å²) in [5, 5.41) is 3.64. The standard InChI is InChI=1S/C19H33NO/c1-7-20-17(11-15(2)14-19(3,4)5)12-16-9-8-10-18(13-16)21-6/h8-10,13,15,17,20H,7,11-12,14H2,1-6H3. The summed E-state index contributed by atoms with van der Waals surface area (Å²) in [6, 6.07) is 8.98. The van der Waals surface area contributed by atoms with E-state index in [4.69, 9.17) is 4.74 Å². The van der Waals surface area contributed by atoms with E-state index in [1.165, 1.54) is 18.4 Å². The lowest BCUT2D eigenvalue weighted by Gasteiger charge is -2.27. The molecule has 2 atom stereocenters. The highest BCUT2D eigenvalue weighted by atomic mass is 16.5. The average Bonchev–Trinajstić information content (AvgIpc) is 2.36. The quantitative estimate of drug-likeness (QED) is 0.751. The Morgan fingerprint density at radius 2 is 1.95 bits per heavy atom. The van der Waals surface area contributed by atoms with Gasteiger partial charge in [0.05, 0.1) is 7.11 Å². The monoisotopic (exact) mass is 291 g/mol. The summed E-state index contributed by atoms with van der Waals surface area (Å²) in [5.74, 6) is 1.69. The molecule has 0 radical (unpaired) electrons. The van der Waals surface area contributed by atoms with Crippen LogP contribution in [0.4, 0.5) is 0 Å². The third kappa shape index (κ3) is 7.52. The zero-order chi connectivity index (χ0) is 15.9. The van der Waals surface area contributed by atoms with Gasteiger partial charge in [0.1, 0.15) is 5.75 Å². The van der Waals surface area contributed by atoms with E-state index in [-0.39, 0.29) is 0 Å². The van der Waals surface area contributed by atoms with Crippen molar-refractivity contribution < 1.29 is 4.74 Å². The Morgan fingerprint density at radius 3 is 2.52 bits per heavy atom. The fourth-order valence-electron chi connectivity index (χ4n) is 3.23. The third-order valence-electron chi connectivity index (χ3n) is 3.76. The highest BCUT2D eigenvalue weighted by Crippen LogP contribution is 2.27. The van der Waals surface area contributed by atoms with Crippen molar-refractivity contribution in [3.63, 3.8) is 0 Å². The maximum atomic E-state index is 5.32. The molecule has 2 unspecified atom stereocenters. The van der Waals surface area contributed by atoms with E-state index in [0.717, 1.165) is 24.6 Å². The number of benzene rings is 1. The van der Waals surface area contributed by atoms with Crippen LogP contribution in [0, 0.1) is 11.3 Å². The van der Waals surface area contributed by atoms with E-state index in [1.807, 2.05) is 6.07 Å². The fraction of sp³-hybridized carbons (Fsp3) is 0.684. The number of hydrogen-bond acceptors (Lipinski definition) is 2. The van der Waals surface area contributed by atoms with Gasteiger partial charge in [-0.3, -0.25) is 0 Å². The van der Waals surface area contributed by atoms with Crippen LogP contribution in [0.2, 0.25) is 0 Å². The SMILES string of the molecule is CCNC(Cc1cccc(OC)c1)CC(C)CC(C)(C)C. The Balaban J connectivity index is 2.64. The Kier molecular flexibility index (Phi) is 7.24. The van der Waals surface area contributed by atoms with Gasteiger partial charge in [-0.2, -0.15) is 0 Å². The molecule has 1 aromatic carbocycles. The van der Waals surface area contributed by atoms with Crippen LogP contribution in [-0.2, 0) is 6.42 Å². The molecule has 0 bridgehead atoms. The zero-order valence-corrected chi connectivity index (χ0v) is 14.7. The third-order valence-corrected chi connectivity index (χ3v) is 3.76. The molecule has 0 fully saturated rings. The van der Waals surface area contributed by atoms with Gasteiger partial charge in [0.15, 0.2) is 0 Å². The summed E-state index contributed by atoms with van der Waals surface area (Å²) in [7, 11) is 1.73. The van der Waals surface area contributed by atoms with Crippen molar-refractivity contribution in [2.45, 2.75) is 59.9 Å². The summed E-state index contributed by atoms with van der Waals surface area (Å²) < 4.78 is 5.32. The average molecular weight is 291 g/mol. The molecule has 2 heteroatoms. The summed E-state index contributed by atoms with van der Waals surface area (Å²) in [6.45, 7) is 12.6. The van der Waals surface area contributed by atoms with Crippen LogP contribution in [0.1, 0.15) is 53.0 Å². The molecule has 0 saturated heterocycles. The summed E-state index contributed by atoms with van der Waals surface area (Å²) in [6.07, 6.45) is 3.56. The van der Waals surface area contributed by atoms with Crippen LogP contribution < -0.4 is 10.1 Å². The second-order valence-electron chi connectivity index (χ2n) is 7.42. The molecule has 0 aliphatic heterocycles. The van der Waals surface area contributed by atoms with E-state index in [0.29, 0.717) is 11.5 Å². The molecular weight excluding hydrogens is 258 g/mol. The lowest BCUT2D eigenvalue weighted by atomic mass is 9.82. The number of hydrogen-bond donors (Lipinski definition) is 1. The zero-order valence-electron chi connectivity index (χ0n) is 14.7. The molecule has 0 spiro atoms. The first-order valence-corrected chi connectivity index (χ1v) is 8.20. The van der Waals surface area contributed by atoms with Gasteiger partial charge in [0.2, 0.25) is 0 Å². The van der Waals surface area contributed by atoms with Crippen molar-refractivity contribution in [2.24, 2.45) is 11.3 Å². The summed E-state index contributed by atoms with van der Waals surface area (Å²) in [4.78, 5) is 0. The molecule has 1 rings (SSSR count). The minimum Gasteiger partial charge on any atom is -0.497 e. The first-order chi connectivity index (χ1) is 9.84. The van der Waals surface area contributed by atoms with Crippen molar-refractivity contribution in [1.82, 2.24) is 5.32 Å². The number of likely N-dealkylation sites (N-methyl/N-ethyl adjacent to an activating group) is 1. The molecule has 0 heterocycles. The molecule has 2 nitrogen and oxygen atoms in total. The molecular formula is C19H33NO. The van der Waals surface area contributed by atoms with E-state index < -0.39 is 0 Å². The van der Waals surface area contributed by atoms with Gasteiger partial charge in [0.25, 0.3) is 0 Å². The van der Waals surface area contributed by atoms with Crippen molar-refractivity contribution in [1.29, 1.82) is 0 Å². The number of methoxy groups -OCH3 is 1. The van der Waals surface area contributed by atoms with E-state index in [1.54, 1.807) is 7.11 Å². The highest BCUT2D eigenvalue weighted by Gasteiger charge is 2.19. The van der Waals surface area contributed by atoms with Gasteiger partial charge >= 0.3 is 0 Å². The molecule has 1 aromatic rings. The van der Waals surface area contributed by atoms with Crippen molar-refractivity contribution in [3.05, 3.63) is 29.8 Å². The second kappa shape index (κ2) is 8.43. The molecule has 0 aromatic heterocycles. The fourth-order valence-corrected chi connectivity index (χ4v) is 3.23. The topological polar surface area (TPSA) is 21.3 Å². The predicted octanol–water partition coefficient (Wildman–Crippen LogP) is 4.68. The second-order valence-corrected chi connectivity index (χ2v) is 7.42. The van der Waals surface area contributed by atoms with Gasteiger partial charge in [-0.15, -0.1) is 0 Å². The molecule has 0 aliphatic rings. The number of nitrogens with one attached hydrogen (secondary N) is 1. The highest BCUT2D eigenvalue weighted by molar-refractivity contribution is 5.28. The number of rotatable bonds is 8. The smallest absolute Gasteiger partial charge is 0.119 e. The Hall–Kier alpha value is -1.02. The minimum absolute atomic E-state index is 0.409. The molecule has 0 saturated carbocycles. The lowest BCUT2D eigenvalue weighted by Crippen LogP contribution is -2.33. The molecule has 1 N–H and O–H groups in total. The molecule has 0 aliphatic carbocycles. The summed E-state index contributed by atoms with van der Waals surface area (Å²) in [5.41, 5.74) is 1.76.